The second kappa shape index (κ2) is 11.3. The topological polar surface area (TPSA) is 113 Å². The van der Waals surface area contributed by atoms with Gasteiger partial charge in [-0.2, -0.15) is 0 Å². The van der Waals surface area contributed by atoms with Gasteiger partial charge in [-0.15, -0.1) is 0 Å². The fraction of sp³-hybridized carbons (Fsp3) is 0.276. The van der Waals surface area contributed by atoms with Crippen molar-refractivity contribution in [3.63, 3.8) is 0 Å². The van der Waals surface area contributed by atoms with Crippen LogP contribution in [0.3, 0.4) is 0 Å². The normalized spacial score (nSPS) is 16.5. The van der Waals surface area contributed by atoms with Crippen molar-refractivity contribution in [2.75, 3.05) is 24.6 Å². The molecule has 2 aliphatic rings. The molecule has 3 aromatic carbocycles. The van der Waals surface area contributed by atoms with E-state index in [2.05, 4.69) is 5.32 Å². The van der Waals surface area contributed by atoms with E-state index in [1.54, 1.807) is 48.2 Å². The Balaban J connectivity index is 1.47. The standard InChI is InChI=1S/C29H28ClN3O6S/c1-2-39-29(36)32-14-12-22(13-15-32)31-27(34)20-10-11-26-24(17-20)33(18-19-6-5-7-21(30)16-19)28(35)23-8-3-4-9-25(23)40(26,37)38/h3-11,16-17,22H,2,12-15,18H2,1H3,(H,31,34). The number of rotatable bonds is 5. The number of fused-ring (bicyclic) bond motifs is 2. The molecule has 9 nitrogen and oxygen atoms in total. The minimum atomic E-state index is -4.06. The van der Waals surface area contributed by atoms with Crippen molar-refractivity contribution in [3.8, 4) is 0 Å². The predicted molar refractivity (Wildman–Crippen MR) is 149 cm³/mol. The first-order valence-electron chi connectivity index (χ1n) is 13.0. The molecule has 3 amide bonds. The van der Waals surface area contributed by atoms with Gasteiger partial charge in [0.25, 0.3) is 11.8 Å². The van der Waals surface area contributed by atoms with Crippen LogP contribution in [0.25, 0.3) is 0 Å². The fourth-order valence-corrected chi connectivity index (χ4v) is 6.86. The third kappa shape index (κ3) is 5.41. The van der Waals surface area contributed by atoms with Crippen LogP contribution in [0.4, 0.5) is 10.5 Å². The van der Waals surface area contributed by atoms with Gasteiger partial charge in [-0.1, -0.05) is 35.9 Å². The van der Waals surface area contributed by atoms with Gasteiger partial charge in [0.05, 0.1) is 34.2 Å². The van der Waals surface area contributed by atoms with Crippen LogP contribution in [0, 0.1) is 0 Å². The Morgan fingerprint density at radius 2 is 1.75 bits per heavy atom. The molecule has 11 heteroatoms. The highest BCUT2D eigenvalue weighted by Crippen LogP contribution is 2.38. The maximum absolute atomic E-state index is 13.8. The molecule has 40 heavy (non-hydrogen) atoms. The number of hydrogen-bond acceptors (Lipinski definition) is 6. The summed E-state index contributed by atoms with van der Waals surface area (Å²) in [5.41, 5.74) is 1.09. The molecular weight excluding hydrogens is 554 g/mol. The summed E-state index contributed by atoms with van der Waals surface area (Å²) in [5.74, 6) is -0.895. The van der Waals surface area contributed by atoms with Gasteiger partial charge in [0, 0.05) is 29.7 Å². The number of sulfone groups is 1. The number of nitrogens with one attached hydrogen (secondary N) is 1. The molecular formula is C29H28ClN3O6S. The average Bonchev–Trinajstić information content (AvgIpc) is 3.01. The van der Waals surface area contributed by atoms with E-state index >= 15 is 0 Å². The number of carbonyl (C=O) groups excluding carboxylic acids is 3. The first kappa shape index (κ1) is 27.7. The van der Waals surface area contributed by atoms with Gasteiger partial charge in [0.15, 0.2) is 0 Å². The molecule has 3 aromatic rings. The van der Waals surface area contributed by atoms with Crippen LogP contribution in [0.5, 0.6) is 0 Å². The van der Waals surface area contributed by atoms with E-state index in [-0.39, 0.29) is 45.3 Å². The average molecular weight is 582 g/mol. The Labute approximate surface area is 237 Å². The van der Waals surface area contributed by atoms with Crippen molar-refractivity contribution < 1.29 is 27.5 Å². The molecule has 0 saturated carbocycles. The summed E-state index contributed by atoms with van der Waals surface area (Å²) in [4.78, 5) is 41.9. The van der Waals surface area contributed by atoms with Crippen molar-refractivity contribution in [1.82, 2.24) is 10.2 Å². The Kier molecular flexibility index (Phi) is 7.82. The fourth-order valence-electron chi connectivity index (χ4n) is 5.01. The highest BCUT2D eigenvalue weighted by Gasteiger charge is 2.36. The number of benzene rings is 3. The van der Waals surface area contributed by atoms with E-state index < -0.39 is 21.7 Å². The molecule has 2 aliphatic heterocycles. The van der Waals surface area contributed by atoms with Crippen LogP contribution in [0.1, 0.15) is 46.0 Å². The maximum atomic E-state index is 13.8. The number of nitrogens with zero attached hydrogens (tertiary/aromatic N) is 2. The summed E-state index contributed by atoms with van der Waals surface area (Å²) in [6, 6.07) is 17.2. The van der Waals surface area contributed by atoms with Crippen LogP contribution in [-0.2, 0) is 21.1 Å². The van der Waals surface area contributed by atoms with E-state index in [0.717, 1.165) is 0 Å². The van der Waals surface area contributed by atoms with Gasteiger partial charge in [0.1, 0.15) is 0 Å². The third-order valence-electron chi connectivity index (χ3n) is 7.04. The maximum Gasteiger partial charge on any atom is 0.409 e. The van der Waals surface area contributed by atoms with E-state index in [9.17, 15) is 22.8 Å². The lowest BCUT2D eigenvalue weighted by Gasteiger charge is -2.31. The number of piperidine rings is 1. The van der Waals surface area contributed by atoms with Gasteiger partial charge >= 0.3 is 6.09 Å². The summed E-state index contributed by atoms with van der Waals surface area (Å²) in [5, 5.41) is 3.46. The smallest absolute Gasteiger partial charge is 0.409 e. The van der Waals surface area contributed by atoms with Crippen LogP contribution in [0.2, 0.25) is 5.02 Å². The second-order valence-electron chi connectivity index (χ2n) is 9.64. The van der Waals surface area contributed by atoms with Crippen molar-refractivity contribution >= 4 is 45.0 Å². The SMILES string of the molecule is CCOC(=O)N1CCC(NC(=O)c2ccc3c(c2)N(Cc2cccc(Cl)c2)C(=O)c2ccccc2S3(=O)=O)CC1. The third-order valence-corrected chi connectivity index (χ3v) is 9.13. The number of likely N-dealkylation sites (tertiary alicyclic amines) is 1. The van der Waals surface area contributed by atoms with Gasteiger partial charge in [-0.25, -0.2) is 13.2 Å². The van der Waals surface area contributed by atoms with Gasteiger partial charge < -0.3 is 19.9 Å². The Morgan fingerprint density at radius 1 is 1.00 bits per heavy atom. The van der Waals surface area contributed by atoms with Crippen molar-refractivity contribution in [2.45, 2.75) is 42.1 Å². The zero-order valence-electron chi connectivity index (χ0n) is 21.8. The zero-order chi connectivity index (χ0) is 28.4. The Morgan fingerprint density at radius 3 is 2.48 bits per heavy atom. The van der Waals surface area contributed by atoms with E-state index in [1.807, 2.05) is 0 Å². The predicted octanol–water partition coefficient (Wildman–Crippen LogP) is 4.68. The summed E-state index contributed by atoms with van der Waals surface area (Å²) in [7, 11) is -4.06. The molecule has 0 aliphatic carbocycles. The molecule has 0 radical (unpaired) electrons. The molecule has 1 saturated heterocycles. The van der Waals surface area contributed by atoms with Crippen LogP contribution in [0.15, 0.2) is 76.5 Å². The minimum absolute atomic E-state index is 0.0492. The minimum Gasteiger partial charge on any atom is -0.450 e. The molecule has 208 valence electrons. The summed E-state index contributed by atoms with van der Waals surface area (Å²) in [6.45, 7) is 3.00. The van der Waals surface area contributed by atoms with Crippen LogP contribution < -0.4 is 10.2 Å². The highest BCUT2D eigenvalue weighted by atomic mass is 35.5. The lowest BCUT2D eigenvalue weighted by molar-refractivity contribution is 0.0858. The van der Waals surface area contributed by atoms with Crippen LogP contribution in [-0.4, -0.2) is 57.0 Å². The number of amides is 3. The number of carbonyl (C=O) groups is 3. The van der Waals surface area contributed by atoms with Gasteiger partial charge in [-0.05, 0) is 67.8 Å². The molecule has 5 rings (SSSR count). The number of anilines is 1. The molecule has 1 fully saturated rings. The van der Waals surface area contributed by atoms with Crippen molar-refractivity contribution in [2.24, 2.45) is 0 Å². The quantitative estimate of drug-likeness (QED) is 0.468. The second-order valence-corrected chi connectivity index (χ2v) is 12.0. The molecule has 0 bridgehead atoms. The summed E-state index contributed by atoms with van der Waals surface area (Å²) in [6.07, 6.45) is 0.738. The zero-order valence-corrected chi connectivity index (χ0v) is 23.4. The van der Waals surface area contributed by atoms with E-state index in [4.69, 9.17) is 16.3 Å². The summed E-state index contributed by atoms with van der Waals surface area (Å²) >= 11 is 6.18. The van der Waals surface area contributed by atoms with Gasteiger partial charge in [0.2, 0.25) is 9.84 Å². The molecule has 0 spiro atoms. The number of halogens is 1. The highest BCUT2D eigenvalue weighted by molar-refractivity contribution is 7.91. The molecule has 0 unspecified atom stereocenters. The first-order chi connectivity index (χ1) is 19.2. The van der Waals surface area contributed by atoms with Crippen LogP contribution >= 0.6 is 11.6 Å². The molecule has 0 aromatic heterocycles. The largest absolute Gasteiger partial charge is 0.450 e. The summed E-state index contributed by atoms with van der Waals surface area (Å²) < 4.78 is 32.5. The van der Waals surface area contributed by atoms with Gasteiger partial charge in [-0.3, -0.25) is 9.59 Å². The number of hydrogen-bond donors (Lipinski definition) is 1. The van der Waals surface area contributed by atoms with E-state index in [0.29, 0.717) is 43.1 Å². The first-order valence-corrected chi connectivity index (χ1v) is 14.8. The van der Waals surface area contributed by atoms with E-state index in [1.165, 1.54) is 35.2 Å². The lowest BCUT2D eigenvalue weighted by atomic mass is 10.0. The molecule has 0 atom stereocenters. The lowest BCUT2D eigenvalue weighted by Crippen LogP contribution is -2.46. The van der Waals surface area contributed by atoms with Crippen molar-refractivity contribution in [3.05, 3.63) is 88.4 Å². The Hall–Kier alpha value is -3.89. The monoisotopic (exact) mass is 581 g/mol. The molecule has 1 N–H and O–H groups in total. The molecule has 2 heterocycles. The number of ether oxygens (including phenoxy) is 1. The van der Waals surface area contributed by atoms with Crippen molar-refractivity contribution in [1.29, 1.82) is 0 Å². The Bertz CT molecular complexity index is 1580.